The first-order chi connectivity index (χ1) is 17.1. The summed E-state index contributed by atoms with van der Waals surface area (Å²) in [6, 6.07) is 41.0. The first-order valence-corrected chi connectivity index (χ1v) is 13.2. The number of benzene rings is 4. The van der Waals surface area contributed by atoms with Crippen LogP contribution in [-0.4, -0.2) is 18.8 Å². The maximum Gasteiger partial charge on any atom is 0.359 e. The molecule has 0 unspecified atom stereocenters. The van der Waals surface area contributed by atoms with E-state index < -0.39 is 13.2 Å². The predicted molar refractivity (Wildman–Crippen MR) is 147 cm³/mol. The van der Waals surface area contributed by atoms with Crippen molar-refractivity contribution in [3.8, 4) is 0 Å². The van der Waals surface area contributed by atoms with E-state index in [-0.39, 0.29) is 5.71 Å². The molecule has 4 aromatic carbocycles. The summed E-state index contributed by atoms with van der Waals surface area (Å²) in [5.41, 5.74) is 4.89. The van der Waals surface area contributed by atoms with E-state index in [2.05, 4.69) is 89.1 Å². The third-order valence-electron chi connectivity index (χ3n) is 5.65. The standard InChI is InChI=1S/C30H27N2O2P/c1-24(31-32-29(30(33)34-2)25-15-7-3-8-16-25)23-35(26-17-9-4-10-18-26,27-19-11-5-12-20-27)28-21-13-6-14-22-28/h3-23H,1-2H3/p+1/b24-23+. The summed E-state index contributed by atoms with van der Waals surface area (Å²) in [5.74, 6) is 1.78. The van der Waals surface area contributed by atoms with Gasteiger partial charge in [0.25, 0.3) is 0 Å². The number of rotatable bonds is 8. The third kappa shape index (κ3) is 5.40. The Morgan fingerprint density at radius 3 is 1.51 bits per heavy atom. The Hall–Kier alpha value is -4.01. The van der Waals surface area contributed by atoms with Crippen LogP contribution in [0.1, 0.15) is 12.5 Å². The number of hydrogen-bond donors (Lipinski definition) is 1. The van der Waals surface area contributed by atoms with Crippen LogP contribution in [0.3, 0.4) is 0 Å². The molecule has 0 aliphatic carbocycles. The molecule has 0 saturated heterocycles. The number of esters is 1. The van der Waals surface area contributed by atoms with Crippen LogP contribution in [0, 0.1) is 0 Å². The zero-order valence-corrected chi connectivity index (χ0v) is 20.7. The molecule has 0 aromatic heterocycles. The van der Waals surface area contributed by atoms with Crippen molar-refractivity contribution in [3.63, 3.8) is 0 Å². The first-order valence-electron chi connectivity index (χ1n) is 11.4. The Balaban J connectivity index is 1.86. The third-order valence-corrected chi connectivity index (χ3v) is 9.76. The smallest absolute Gasteiger partial charge is 0.359 e. The van der Waals surface area contributed by atoms with Crippen molar-refractivity contribution in [2.45, 2.75) is 6.92 Å². The molecule has 0 amide bonds. The molecule has 0 bridgehead atoms. The summed E-state index contributed by atoms with van der Waals surface area (Å²) in [4.78, 5) is 12.5. The fraction of sp³-hybridized carbons (Fsp3) is 0.0667. The Bertz CT molecular complexity index is 1210. The molecule has 4 rings (SSSR count). The lowest BCUT2D eigenvalue weighted by Gasteiger charge is -2.24. The zero-order valence-electron chi connectivity index (χ0n) is 19.8. The molecule has 0 fully saturated rings. The fourth-order valence-corrected chi connectivity index (χ4v) is 7.95. The number of nitrogens with zero attached hydrogens (tertiary/aromatic N) is 1. The highest BCUT2D eigenvalue weighted by atomic mass is 31.2. The zero-order chi connectivity index (χ0) is 24.5. The average Bonchev–Trinajstić information content (AvgIpc) is 2.93. The van der Waals surface area contributed by atoms with Crippen molar-refractivity contribution >= 4 is 34.9 Å². The molecule has 0 heterocycles. The molecule has 4 nitrogen and oxygen atoms in total. The number of nitrogens with one attached hydrogen (secondary N) is 1. The van der Waals surface area contributed by atoms with Gasteiger partial charge in [0.1, 0.15) is 23.2 Å². The van der Waals surface area contributed by atoms with Crippen molar-refractivity contribution in [2.75, 3.05) is 7.11 Å². The Morgan fingerprint density at radius 2 is 1.11 bits per heavy atom. The van der Waals surface area contributed by atoms with Crippen LogP contribution >= 0.6 is 7.26 Å². The fourth-order valence-electron chi connectivity index (χ4n) is 4.04. The van der Waals surface area contributed by atoms with Crippen molar-refractivity contribution in [1.82, 2.24) is 5.43 Å². The SMILES string of the molecule is COC(=O)/C(=N/N/C(C)=C/[P+](c1ccccc1)(c1ccccc1)c1ccccc1)c1ccccc1. The molecular formula is C30H28N2O2P+. The van der Waals surface area contributed by atoms with E-state index in [4.69, 9.17) is 4.74 Å². The van der Waals surface area contributed by atoms with Crippen molar-refractivity contribution in [2.24, 2.45) is 5.10 Å². The minimum Gasteiger partial charge on any atom is -0.464 e. The molecule has 0 radical (unpaired) electrons. The Labute approximate surface area is 207 Å². The van der Waals surface area contributed by atoms with E-state index in [1.807, 2.05) is 55.5 Å². The quantitative estimate of drug-likeness (QED) is 0.167. The molecule has 0 saturated carbocycles. The van der Waals surface area contributed by atoms with Gasteiger partial charge in [-0.25, -0.2) is 4.79 Å². The van der Waals surface area contributed by atoms with Gasteiger partial charge in [-0.2, -0.15) is 5.10 Å². The summed E-state index contributed by atoms with van der Waals surface area (Å²) in [6.45, 7) is 1.98. The normalized spacial score (nSPS) is 12.2. The van der Waals surface area contributed by atoms with Crippen LogP contribution < -0.4 is 21.3 Å². The van der Waals surface area contributed by atoms with Gasteiger partial charge in [0.05, 0.1) is 18.6 Å². The summed E-state index contributed by atoms with van der Waals surface area (Å²) < 4.78 is 4.99. The predicted octanol–water partition coefficient (Wildman–Crippen LogP) is 5.01. The Kier molecular flexibility index (Phi) is 7.87. The van der Waals surface area contributed by atoms with E-state index in [1.54, 1.807) is 0 Å². The number of methoxy groups -OCH3 is 1. The number of carbonyl (C=O) groups excluding carboxylic acids is 1. The molecule has 0 spiro atoms. The number of carbonyl (C=O) groups is 1. The van der Waals surface area contributed by atoms with E-state index in [9.17, 15) is 4.79 Å². The molecule has 5 heteroatoms. The Morgan fingerprint density at radius 1 is 0.714 bits per heavy atom. The van der Waals surface area contributed by atoms with Gasteiger partial charge >= 0.3 is 5.97 Å². The van der Waals surface area contributed by atoms with Gasteiger partial charge in [-0.05, 0) is 43.3 Å². The van der Waals surface area contributed by atoms with Crippen LogP contribution in [0.25, 0.3) is 0 Å². The highest BCUT2D eigenvalue weighted by Crippen LogP contribution is 2.57. The van der Waals surface area contributed by atoms with Gasteiger partial charge in [-0.15, -0.1) is 0 Å². The topological polar surface area (TPSA) is 50.7 Å². The largest absolute Gasteiger partial charge is 0.464 e. The monoisotopic (exact) mass is 479 g/mol. The van der Waals surface area contributed by atoms with E-state index in [1.165, 1.54) is 23.0 Å². The van der Waals surface area contributed by atoms with Gasteiger partial charge in [0.2, 0.25) is 0 Å². The molecule has 0 atom stereocenters. The van der Waals surface area contributed by atoms with Crippen LogP contribution in [0.15, 0.2) is 138 Å². The van der Waals surface area contributed by atoms with Crippen molar-refractivity contribution in [3.05, 3.63) is 138 Å². The lowest BCUT2D eigenvalue weighted by atomic mass is 10.1. The maximum absolute atomic E-state index is 12.5. The second-order valence-corrected chi connectivity index (χ2v) is 11.2. The second kappa shape index (κ2) is 11.4. The lowest BCUT2D eigenvalue weighted by Crippen LogP contribution is -2.30. The van der Waals surface area contributed by atoms with Gasteiger partial charge in [0.15, 0.2) is 5.71 Å². The van der Waals surface area contributed by atoms with Crippen LogP contribution in [-0.2, 0) is 9.53 Å². The summed E-state index contributed by atoms with van der Waals surface area (Å²) in [6.07, 6.45) is 0. The molecule has 0 aliphatic rings. The summed E-state index contributed by atoms with van der Waals surface area (Å²) in [7, 11) is -0.821. The molecule has 1 N–H and O–H groups in total. The molecule has 0 aliphatic heterocycles. The summed E-state index contributed by atoms with van der Waals surface area (Å²) in [5, 5.41) is 8.18. The number of allylic oxidation sites excluding steroid dienone is 1. The van der Waals surface area contributed by atoms with Gasteiger partial charge in [-0.1, -0.05) is 84.9 Å². The molecule has 35 heavy (non-hydrogen) atoms. The first kappa shape index (κ1) is 24.1. The highest BCUT2D eigenvalue weighted by molar-refractivity contribution is 7.98. The van der Waals surface area contributed by atoms with Crippen molar-refractivity contribution < 1.29 is 9.53 Å². The average molecular weight is 480 g/mol. The number of hydrogen-bond acceptors (Lipinski definition) is 4. The minimum absolute atomic E-state index is 0.226. The maximum atomic E-state index is 12.5. The molecule has 174 valence electrons. The van der Waals surface area contributed by atoms with Crippen molar-refractivity contribution in [1.29, 1.82) is 0 Å². The number of hydrazone groups is 1. The van der Waals surface area contributed by atoms with E-state index in [0.717, 1.165) is 5.70 Å². The van der Waals surface area contributed by atoms with Crippen LogP contribution in [0.5, 0.6) is 0 Å². The minimum atomic E-state index is -2.18. The van der Waals surface area contributed by atoms with E-state index >= 15 is 0 Å². The van der Waals surface area contributed by atoms with Gasteiger partial charge in [0, 0.05) is 5.56 Å². The molecule has 4 aromatic rings. The van der Waals surface area contributed by atoms with Crippen LogP contribution in [0.2, 0.25) is 0 Å². The van der Waals surface area contributed by atoms with Gasteiger partial charge < -0.3 is 4.74 Å². The lowest BCUT2D eigenvalue weighted by molar-refractivity contribution is -0.132. The second-order valence-electron chi connectivity index (χ2n) is 7.97. The van der Waals surface area contributed by atoms with Gasteiger partial charge in [-0.3, -0.25) is 5.43 Å². The summed E-state index contributed by atoms with van der Waals surface area (Å²) >= 11 is 0. The van der Waals surface area contributed by atoms with E-state index in [0.29, 0.717) is 5.56 Å². The highest BCUT2D eigenvalue weighted by Gasteiger charge is 2.43. The number of ether oxygens (including phenoxy) is 1. The molecular weight excluding hydrogens is 451 g/mol. The van der Waals surface area contributed by atoms with Crippen LogP contribution in [0.4, 0.5) is 0 Å².